The summed E-state index contributed by atoms with van der Waals surface area (Å²) in [6.45, 7) is 1.64. The predicted octanol–water partition coefficient (Wildman–Crippen LogP) is 4.36. The van der Waals surface area contributed by atoms with Crippen LogP contribution in [0.5, 0.6) is 0 Å². The molecule has 1 fully saturated rings. The first-order chi connectivity index (χ1) is 11.6. The molecular weight excluding hydrogens is 343 g/mol. The van der Waals surface area contributed by atoms with E-state index in [4.69, 9.17) is 23.2 Å². The predicted molar refractivity (Wildman–Crippen MR) is 97.5 cm³/mol. The summed E-state index contributed by atoms with van der Waals surface area (Å²) in [7, 11) is 0. The average molecular weight is 361 g/mol. The zero-order valence-corrected chi connectivity index (χ0v) is 14.7. The Morgan fingerprint density at radius 3 is 2.71 bits per heavy atom. The lowest BCUT2D eigenvalue weighted by Gasteiger charge is -2.30. The fourth-order valence-electron chi connectivity index (χ4n) is 3.68. The highest BCUT2D eigenvalue weighted by Gasteiger charge is 2.37. The van der Waals surface area contributed by atoms with E-state index in [9.17, 15) is 4.79 Å². The number of carbonyl (C=O) groups excluding carboxylic acids is 1. The fourth-order valence-corrected chi connectivity index (χ4v) is 4.16. The number of amides is 1. The first-order valence-corrected chi connectivity index (χ1v) is 9.00. The van der Waals surface area contributed by atoms with Gasteiger partial charge in [-0.15, -0.1) is 0 Å². The maximum absolute atomic E-state index is 12.9. The van der Waals surface area contributed by atoms with Crippen molar-refractivity contribution in [3.63, 3.8) is 0 Å². The third-order valence-electron chi connectivity index (χ3n) is 4.93. The molecule has 2 aromatic carbocycles. The second-order valence-electron chi connectivity index (χ2n) is 6.39. The lowest BCUT2D eigenvalue weighted by molar-refractivity contribution is -0.131. The van der Waals surface area contributed by atoms with Gasteiger partial charge < -0.3 is 0 Å². The smallest absolute Gasteiger partial charge is 0.244 e. The van der Waals surface area contributed by atoms with Gasteiger partial charge >= 0.3 is 0 Å². The highest BCUT2D eigenvalue weighted by molar-refractivity contribution is 6.35. The molecule has 3 nitrogen and oxygen atoms in total. The van der Waals surface area contributed by atoms with Gasteiger partial charge in [-0.1, -0.05) is 47.5 Å². The van der Waals surface area contributed by atoms with Crippen molar-refractivity contribution < 1.29 is 4.79 Å². The number of hydrogen-bond acceptors (Lipinski definition) is 2. The second-order valence-corrected chi connectivity index (χ2v) is 7.23. The van der Waals surface area contributed by atoms with Crippen LogP contribution < -0.4 is 5.01 Å². The fraction of sp³-hybridized carbons (Fsp3) is 0.316. The highest BCUT2D eigenvalue weighted by atomic mass is 35.5. The van der Waals surface area contributed by atoms with Crippen LogP contribution in [0.2, 0.25) is 10.0 Å². The monoisotopic (exact) mass is 360 g/mol. The minimum absolute atomic E-state index is 0.0172. The quantitative estimate of drug-likeness (QED) is 0.811. The molecule has 1 atom stereocenters. The SMILES string of the molecule is O=C1C(Cc2ccc(Cl)cc2Cl)CCN1N1CCc2ccccc21. The van der Waals surface area contributed by atoms with Crippen LogP contribution in [0.3, 0.4) is 0 Å². The van der Waals surface area contributed by atoms with E-state index >= 15 is 0 Å². The molecule has 5 heteroatoms. The zero-order valence-electron chi connectivity index (χ0n) is 13.2. The molecular formula is C19H18Cl2N2O. The van der Waals surface area contributed by atoms with Crippen molar-refractivity contribution in [3.8, 4) is 0 Å². The Kier molecular flexibility index (Phi) is 4.15. The number of anilines is 1. The Balaban J connectivity index is 1.51. The topological polar surface area (TPSA) is 23.6 Å². The van der Waals surface area contributed by atoms with Gasteiger partial charge in [-0.05, 0) is 48.6 Å². The van der Waals surface area contributed by atoms with E-state index in [1.165, 1.54) is 5.56 Å². The molecule has 2 aliphatic heterocycles. The molecule has 2 heterocycles. The summed E-state index contributed by atoms with van der Waals surface area (Å²) in [5.41, 5.74) is 3.47. The van der Waals surface area contributed by atoms with Gasteiger partial charge in [0.1, 0.15) is 0 Å². The van der Waals surface area contributed by atoms with Gasteiger partial charge in [0.2, 0.25) is 5.91 Å². The van der Waals surface area contributed by atoms with E-state index in [2.05, 4.69) is 23.2 Å². The van der Waals surface area contributed by atoms with Gasteiger partial charge in [0.15, 0.2) is 0 Å². The van der Waals surface area contributed by atoms with Gasteiger partial charge in [0, 0.05) is 29.1 Å². The van der Waals surface area contributed by atoms with Crippen molar-refractivity contribution >= 4 is 34.8 Å². The summed E-state index contributed by atoms with van der Waals surface area (Å²) in [4.78, 5) is 12.9. The van der Waals surface area contributed by atoms with Crippen LogP contribution >= 0.6 is 23.2 Å². The minimum Gasteiger partial charge on any atom is -0.282 e. The van der Waals surface area contributed by atoms with Crippen molar-refractivity contribution in [1.82, 2.24) is 5.01 Å². The van der Waals surface area contributed by atoms with E-state index in [-0.39, 0.29) is 11.8 Å². The maximum Gasteiger partial charge on any atom is 0.244 e. The van der Waals surface area contributed by atoms with E-state index in [0.717, 1.165) is 37.2 Å². The molecule has 124 valence electrons. The summed E-state index contributed by atoms with van der Waals surface area (Å²) < 4.78 is 0. The number of carbonyl (C=O) groups is 1. The molecule has 0 saturated carbocycles. The molecule has 0 aromatic heterocycles. The third-order valence-corrected chi connectivity index (χ3v) is 5.52. The molecule has 4 rings (SSSR count). The number of benzene rings is 2. The minimum atomic E-state index is -0.0172. The molecule has 24 heavy (non-hydrogen) atoms. The third kappa shape index (κ3) is 2.76. The van der Waals surface area contributed by atoms with Crippen LogP contribution in [-0.2, 0) is 17.6 Å². The first kappa shape index (κ1) is 15.8. The molecule has 0 spiro atoms. The lowest BCUT2D eigenvalue weighted by atomic mass is 9.98. The lowest BCUT2D eigenvalue weighted by Crippen LogP contribution is -2.43. The Morgan fingerprint density at radius 2 is 1.88 bits per heavy atom. The molecule has 2 aromatic rings. The van der Waals surface area contributed by atoms with Crippen LogP contribution in [0.25, 0.3) is 0 Å². The van der Waals surface area contributed by atoms with E-state index in [1.807, 2.05) is 23.2 Å². The number of halogens is 2. The second kappa shape index (κ2) is 6.30. The molecule has 0 N–H and O–H groups in total. The van der Waals surface area contributed by atoms with Crippen LogP contribution in [0, 0.1) is 5.92 Å². The number of para-hydroxylation sites is 1. The van der Waals surface area contributed by atoms with Crippen LogP contribution in [0.15, 0.2) is 42.5 Å². The maximum atomic E-state index is 12.9. The largest absolute Gasteiger partial charge is 0.282 e. The van der Waals surface area contributed by atoms with Crippen LogP contribution in [0.1, 0.15) is 17.5 Å². The van der Waals surface area contributed by atoms with Crippen molar-refractivity contribution in [2.45, 2.75) is 19.3 Å². The number of rotatable bonds is 3. The highest BCUT2D eigenvalue weighted by Crippen LogP contribution is 2.34. The summed E-state index contributed by atoms with van der Waals surface area (Å²) in [5, 5.41) is 5.32. The van der Waals surface area contributed by atoms with Crippen molar-refractivity contribution in [2.75, 3.05) is 18.1 Å². The zero-order chi connectivity index (χ0) is 16.7. The first-order valence-electron chi connectivity index (χ1n) is 8.24. The molecule has 0 radical (unpaired) electrons. The molecule has 2 aliphatic rings. The van der Waals surface area contributed by atoms with E-state index in [1.54, 1.807) is 6.07 Å². The Labute approximate surface area is 151 Å². The average Bonchev–Trinajstić information content (AvgIpc) is 3.14. The Bertz CT molecular complexity index is 793. The summed E-state index contributed by atoms with van der Waals surface area (Å²) in [6, 6.07) is 13.8. The summed E-state index contributed by atoms with van der Waals surface area (Å²) >= 11 is 12.2. The molecule has 1 saturated heterocycles. The van der Waals surface area contributed by atoms with E-state index in [0.29, 0.717) is 16.5 Å². The van der Waals surface area contributed by atoms with E-state index < -0.39 is 0 Å². The summed E-state index contributed by atoms with van der Waals surface area (Å²) in [6.07, 6.45) is 2.52. The Morgan fingerprint density at radius 1 is 1.04 bits per heavy atom. The van der Waals surface area contributed by atoms with Gasteiger partial charge in [0.25, 0.3) is 0 Å². The Hall–Kier alpha value is -1.71. The molecule has 0 bridgehead atoms. The van der Waals surface area contributed by atoms with Crippen molar-refractivity contribution in [3.05, 3.63) is 63.6 Å². The molecule has 0 aliphatic carbocycles. The van der Waals surface area contributed by atoms with Gasteiger partial charge in [-0.3, -0.25) is 14.8 Å². The molecule has 1 unspecified atom stereocenters. The van der Waals surface area contributed by atoms with Gasteiger partial charge in [-0.25, -0.2) is 0 Å². The number of hydrogen-bond donors (Lipinski definition) is 0. The number of nitrogens with zero attached hydrogens (tertiary/aromatic N) is 2. The number of hydrazine groups is 1. The van der Waals surface area contributed by atoms with Crippen molar-refractivity contribution in [2.24, 2.45) is 5.92 Å². The van der Waals surface area contributed by atoms with Crippen molar-refractivity contribution in [1.29, 1.82) is 0 Å². The van der Waals surface area contributed by atoms with Gasteiger partial charge in [-0.2, -0.15) is 0 Å². The standard InChI is InChI=1S/C19H18Cl2N2O/c20-16-6-5-14(17(21)12-16)11-15-8-10-23(19(15)24)22-9-7-13-3-1-2-4-18(13)22/h1-6,12,15H,7-11H2. The van der Waals surface area contributed by atoms with Crippen LogP contribution in [-0.4, -0.2) is 24.0 Å². The van der Waals surface area contributed by atoms with Gasteiger partial charge in [0.05, 0.1) is 5.69 Å². The number of fused-ring (bicyclic) bond motifs is 1. The van der Waals surface area contributed by atoms with Crippen LogP contribution in [0.4, 0.5) is 5.69 Å². The summed E-state index contributed by atoms with van der Waals surface area (Å²) in [5.74, 6) is 0.175. The normalized spacial score (nSPS) is 19.9. The molecule has 1 amide bonds.